The first-order valence-corrected chi connectivity index (χ1v) is 15.4. The monoisotopic (exact) mass is 664 g/mol. The molecule has 4 amide bonds. The van der Waals surface area contributed by atoms with Gasteiger partial charge in [0.2, 0.25) is 11.8 Å². The number of amides is 4. The van der Waals surface area contributed by atoms with Crippen LogP contribution < -0.4 is 9.91 Å². The molecule has 3 aromatic rings. The number of carbonyl (C=O) groups is 4. The summed E-state index contributed by atoms with van der Waals surface area (Å²) in [5.41, 5.74) is -0.834. The van der Waals surface area contributed by atoms with Gasteiger partial charge in [-0.25, -0.2) is 9.88 Å². The van der Waals surface area contributed by atoms with Crippen LogP contribution in [0.1, 0.15) is 36.9 Å². The predicted octanol–water partition coefficient (Wildman–Crippen LogP) is 5.74. The van der Waals surface area contributed by atoms with Gasteiger partial charge in [0.05, 0.1) is 33.9 Å². The fourth-order valence-corrected chi connectivity index (χ4v) is 8.34. The van der Waals surface area contributed by atoms with Crippen LogP contribution in [-0.4, -0.2) is 45.8 Å². The molecule has 2 saturated heterocycles. The Morgan fingerprint density at radius 1 is 0.957 bits per heavy atom. The average molecular weight is 665 g/mol. The maximum Gasteiger partial charge on any atom is 0.433 e. The van der Waals surface area contributed by atoms with Crippen LogP contribution in [0.2, 0.25) is 5.02 Å². The number of halogens is 4. The van der Waals surface area contributed by atoms with Crippen molar-refractivity contribution < 1.29 is 37.5 Å². The van der Waals surface area contributed by atoms with Crippen molar-refractivity contribution >= 4 is 46.7 Å². The highest BCUT2D eigenvalue weighted by atomic mass is 35.5. The summed E-state index contributed by atoms with van der Waals surface area (Å²) in [5, 5.41) is 12.0. The van der Waals surface area contributed by atoms with Crippen molar-refractivity contribution in [3.8, 4) is 5.75 Å². The number of alkyl halides is 3. The van der Waals surface area contributed by atoms with E-state index in [9.17, 15) is 37.5 Å². The Morgan fingerprint density at radius 2 is 1.68 bits per heavy atom. The lowest BCUT2D eigenvalue weighted by atomic mass is 9.51. The summed E-state index contributed by atoms with van der Waals surface area (Å²) in [5.74, 6) is -6.68. The minimum atomic E-state index is -4.79. The number of nitrogens with zero attached hydrogens (tertiary/aromatic N) is 4. The maximum atomic E-state index is 14.4. The lowest BCUT2D eigenvalue weighted by Crippen LogP contribution is -2.49. The molecule has 1 saturated carbocycles. The molecule has 6 atom stereocenters. The van der Waals surface area contributed by atoms with E-state index in [1.807, 2.05) is 6.08 Å². The molecule has 7 rings (SSSR count). The third-order valence-electron chi connectivity index (χ3n) is 10.2. The quantitative estimate of drug-likeness (QED) is 0.280. The molecule has 4 aliphatic rings. The van der Waals surface area contributed by atoms with E-state index in [0.717, 1.165) is 16.1 Å². The number of imide groups is 2. The number of pyridine rings is 1. The molecule has 13 heteroatoms. The number of hydrogen-bond acceptors (Lipinski definition) is 7. The van der Waals surface area contributed by atoms with Crippen molar-refractivity contribution in [1.29, 1.82) is 0 Å². The van der Waals surface area contributed by atoms with Crippen molar-refractivity contribution in [3.05, 3.63) is 94.7 Å². The normalized spacial score (nSPS) is 28.6. The number of hydrogen-bond donors (Lipinski definition) is 1. The summed E-state index contributed by atoms with van der Waals surface area (Å²) in [7, 11) is 1.25. The van der Waals surface area contributed by atoms with E-state index in [0.29, 0.717) is 22.9 Å². The first-order chi connectivity index (χ1) is 22.2. The lowest BCUT2D eigenvalue weighted by Gasteiger charge is -2.49. The van der Waals surface area contributed by atoms with Gasteiger partial charge in [0, 0.05) is 13.0 Å². The molecule has 0 spiro atoms. The molecule has 47 heavy (non-hydrogen) atoms. The Hall–Kier alpha value is -4.71. The Balaban J connectivity index is 1.31. The number of carbonyl (C=O) groups excluding carboxylic acids is 4. The van der Waals surface area contributed by atoms with E-state index >= 15 is 0 Å². The van der Waals surface area contributed by atoms with Crippen LogP contribution in [0.5, 0.6) is 5.75 Å². The van der Waals surface area contributed by atoms with Crippen molar-refractivity contribution in [2.24, 2.45) is 29.1 Å². The largest absolute Gasteiger partial charge is 0.508 e. The zero-order chi connectivity index (χ0) is 33.6. The van der Waals surface area contributed by atoms with E-state index in [2.05, 4.69) is 4.98 Å². The molecular weight excluding hydrogens is 637 g/mol. The van der Waals surface area contributed by atoms with Crippen LogP contribution >= 0.6 is 11.6 Å². The summed E-state index contributed by atoms with van der Waals surface area (Å²) >= 11 is 6.22. The molecule has 2 aliphatic carbocycles. The van der Waals surface area contributed by atoms with Crippen molar-refractivity contribution in [1.82, 2.24) is 9.99 Å². The highest BCUT2D eigenvalue weighted by molar-refractivity contribution is 6.33. The van der Waals surface area contributed by atoms with Gasteiger partial charge in [-0.2, -0.15) is 18.2 Å². The van der Waals surface area contributed by atoms with Gasteiger partial charge in [0.15, 0.2) is 5.82 Å². The number of anilines is 2. The molecule has 1 N–H and O–H groups in total. The molecule has 2 aromatic carbocycles. The number of benzene rings is 2. The molecule has 1 aromatic heterocycles. The number of aromatic nitrogens is 1. The summed E-state index contributed by atoms with van der Waals surface area (Å²) in [6.45, 7) is 1.74. The predicted molar refractivity (Wildman–Crippen MR) is 164 cm³/mol. The second kappa shape index (κ2) is 10.7. The van der Waals surface area contributed by atoms with Gasteiger partial charge in [-0.05, 0) is 67.6 Å². The number of phenols is 1. The molecule has 3 fully saturated rings. The molecule has 3 heterocycles. The Labute approximate surface area is 272 Å². The number of allylic oxidation sites excluding steroid dienone is 2. The van der Waals surface area contributed by atoms with Crippen molar-refractivity contribution in [2.45, 2.75) is 31.9 Å². The summed E-state index contributed by atoms with van der Waals surface area (Å²) in [4.78, 5) is 61.4. The highest BCUT2D eigenvalue weighted by Gasteiger charge is 2.68. The summed E-state index contributed by atoms with van der Waals surface area (Å²) < 4.78 is 40.5. The minimum Gasteiger partial charge on any atom is -0.508 e. The van der Waals surface area contributed by atoms with E-state index in [1.165, 1.54) is 24.1 Å². The van der Waals surface area contributed by atoms with E-state index in [-0.39, 0.29) is 23.6 Å². The average Bonchev–Trinajstić information content (AvgIpc) is 3.40. The zero-order valence-corrected chi connectivity index (χ0v) is 25.9. The van der Waals surface area contributed by atoms with Gasteiger partial charge >= 0.3 is 6.18 Å². The second-order valence-corrected chi connectivity index (χ2v) is 13.0. The molecule has 6 unspecified atom stereocenters. The van der Waals surface area contributed by atoms with E-state index < -0.39 is 76.3 Å². The number of rotatable bonds is 4. The Morgan fingerprint density at radius 3 is 2.36 bits per heavy atom. The fraction of sp³-hybridized carbons (Fsp3) is 0.324. The van der Waals surface area contributed by atoms with Crippen LogP contribution in [0.4, 0.5) is 24.7 Å². The van der Waals surface area contributed by atoms with Crippen LogP contribution in [-0.2, 0) is 25.4 Å². The Kier molecular flexibility index (Phi) is 7.01. The minimum absolute atomic E-state index is 0.0406. The first-order valence-electron chi connectivity index (χ1n) is 15.0. The van der Waals surface area contributed by atoms with Crippen LogP contribution in [0.15, 0.2) is 78.4 Å². The molecule has 2 aliphatic heterocycles. The third-order valence-corrected chi connectivity index (χ3v) is 10.5. The first kappa shape index (κ1) is 30.9. The second-order valence-electron chi connectivity index (χ2n) is 12.6. The zero-order valence-electron chi connectivity index (χ0n) is 25.1. The molecule has 9 nitrogen and oxygen atoms in total. The van der Waals surface area contributed by atoms with Gasteiger partial charge in [0.1, 0.15) is 11.4 Å². The topological polar surface area (TPSA) is 111 Å². The molecular formula is C34H28ClF3N4O5. The van der Waals surface area contributed by atoms with Gasteiger partial charge in [-0.15, -0.1) is 0 Å². The fourth-order valence-electron chi connectivity index (χ4n) is 8.11. The van der Waals surface area contributed by atoms with Crippen molar-refractivity contribution in [2.75, 3.05) is 17.0 Å². The lowest BCUT2D eigenvalue weighted by molar-refractivity contribution is -0.141. The van der Waals surface area contributed by atoms with Gasteiger partial charge in [-0.3, -0.25) is 24.2 Å². The van der Waals surface area contributed by atoms with Gasteiger partial charge in [0.25, 0.3) is 11.8 Å². The summed E-state index contributed by atoms with van der Waals surface area (Å²) in [6.07, 6.45) is -2.74. The van der Waals surface area contributed by atoms with Gasteiger partial charge in [-0.1, -0.05) is 53.6 Å². The third kappa shape index (κ3) is 4.48. The number of aromatic hydroxyl groups is 1. The van der Waals surface area contributed by atoms with Crippen LogP contribution in [0, 0.1) is 29.1 Å². The number of hydrazine groups is 1. The highest BCUT2D eigenvalue weighted by Crippen LogP contribution is 2.63. The summed E-state index contributed by atoms with van der Waals surface area (Å²) in [6, 6.07) is 16.7. The van der Waals surface area contributed by atoms with Crippen molar-refractivity contribution in [3.63, 3.8) is 0 Å². The maximum absolute atomic E-state index is 14.4. The standard InChI is InChI=1S/C34H28ClF3N4O5/c1-33-23(30(45)41(32(33)47)18-8-4-3-5-9-18)16-22-20(27(33)17-7-6-10-19(43)15-17)11-12-21-26(22)31(46)42(29(21)44)40(2)28-24(35)13-14-25(39-28)34(36,37)38/h3-11,13-15,21-23,26-27,43H,12,16H2,1-2H3. The van der Waals surface area contributed by atoms with E-state index in [4.69, 9.17) is 11.6 Å². The van der Waals surface area contributed by atoms with Crippen LogP contribution in [0.3, 0.4) is 0 Å². The van der Waals surface area contributed by atoms with Crippen LogP contribution in [0.25, 0.3) is 0 Å². The van der Waals surface area contributed by atoms with E-state index in [1.54, 1.807) is 49.4 Å². The molecule has 0 radical (unpaired) electrons. The number of phenolic OH excluding ortho intramolecular Hbond substituents is 1. The molecule has 242 valence electrons. The smallest absolute Gasteiger partial charge is 0.433 e. The number of para-hydroxylation sites is 1. The Bertz CT molecular complexity index is 1880. The number of fused-ring (bicyclic) bond motifs is 4. The van der Waals surface area contributed by atoms with Gasteiger partial charge < -0.3 is 5.11 Å². The molecule has 0 bridgehead atoms. The SMILES string of the molecule is CN(c1nc(C(F)(F)F)ccc1Cl)N1C(=O)C2CC=C3C(CC4C(=O)N(c5ccccc5)C(=O)C4(C)C3c3cccc(O)c3)C2C1=O.